The highest BCUT2D eigenvalue weighted by Gasteiger charge is 2.27. The molecule has 1 aliphatic rings. The first kappa shape index (κ1) is 18.6. The van der Waals surface area contributed by atoms with Gasteiger partial charge in [-0.05, 0) is 26.3 Å². The van der Waals surface area contributed by atoms with Crippen molar-refractivity contribution in [1.29, 1.82) is 0 Å². The summed E-state index contributed by atoms with van der Waals surface area (Å²) in [7, 11) is 1.54. The van der Waals surface area contributed by atoms with Gasteiger partial charge in [-0.15, -0.1) is 0 Å². The minimum Gasteiger partial charge on any atom is -0.493 e. The molecule has 0 unspecified atom stereocenters. The lowest BCUT2D eigenvalue weighted by Gasteiger charge is -2.20. The fraction of sp³-hybridized carbons (Fsp3) is 0.286. The molecule has 0 spiro atoms. The normalized spacial score (nSPS) is 15.3. The monoisotopic (exact) mass is 339 g/mol. The zero-order chi connectivity index (χ0) is 18.4. The molecule has 1 heterocycles. The molecule has 0 atom stereocenters. The third kappa shape index (κ3) is 4.21. The second kappa shape index (κ2) is 8.38. The first-order valence-electron chi connectivity index (χ1n) is 8.35. The predicted octanol–water partition coefficient (Wildman–Crippen LogP) is 4.20. The first-order valence-corrected chi connectivity index (χ1v) is 8.35. The molecule has 0 saturated carbocycles. The number of carbonyl (C=O) groups excluding carboxylic acids is 1. The van der Waals surface area contributed by atoms with Crippen LogP contribution >= 0.6 is 0 Å². The summed E-state index contributed by atoms with van der Waals surface area (Å²) in [4.78, 5) is 14.6. The van der Waals surface area contributed by atoms with Gasteiger partial charge in [0, 0.05) is 23.9 Å². The number of aryl methyl sites for hydroxylation is 1. The summed E-state index contributed by atoms with van der Waals surface area (Å²) in [5.74, 6) is 0.934. The van der Waals surface area contributed by atoms with Crippen LogP contribution in [0.1, 0.15) is 25.0 Å². The summed E-state index contributed by atoms with van der Waals surface area (Å²) >= 11 is 0. The van der Waals surface area contributed by atoms with E-state index in [9.17, 15) is 4.79 Å². The van der Waals surface area contributed by atoms with Crippen LogP contribution in [0.25, 0.3) is 5.57 Å². The van der Waals surface area contributed by atoms with Crippen LogP contribution in [0.5, 0.6) is 0 Å². The van der Waals surface area contributed by atoms with E-state index in [4.69, 9.17) is 9.47 Å². The number of ether oxygens (including phenoxy) is 2. The second-order valence-electron chi connectivity index (χ2n) is 5.69. The molecule has 0 radical (unpaired) electrons. The van der Waals surface area contributed by atoms with Crippen LogP contribution in [0.4, 0.5) is 0 Å². The minimum absolute atomic E-state index is 0.0196. The Morgan fingerprint density at radius 3 is 2.76 bits per heavy atom. The molecular weight excluding hydrogens is 314 g/mol. The molecule has 1 aliphatic heterocycles. The zero-order valence-corrected chi connectivity index (χ0v) is 15.3. The number of benzene rings is 1. The molecule has 0 bridgehead atoms. The van der Waals surface area contributed by atoms with Crippen molar-refractivity contribution in [1.82, 2.24) is 4.90 Å². The fourth-order valence-corrected chi connectivity index (χ4v) is 2.68. The maximum absolute atomic E-state index is 12.9. The number of amides is 1. The Morgan fingerprint density at radius 1 is 1.40 bits per heavy atom. The van der Waals surface area contributed by atoms with Gasteiger partial charge in [0.1, 0.15) is 0 Å². The number of nitrogens with zero attached hydrogens (tertiary/aromatic N) is 1. The smallest absolute Gasteiger partial charge is 0.258 e. The van der Waals surface area contributed by atoms with Crippen molar-refractivity contribution in [3.8, 4) is 0 Å². The lowest BCUT2D eigenvalue weighted by atomic mass is 10.0. The maximum Gasteiger partial charge on any atom is 0.258 e. The molecule has 1 aromatic carbocycles. The van der Waals surface area contributed by atoms with E-state index in [1.165, 1.54) is 0 Å². The molecule has 4 heteroatoms. The van der Waals surface area contributed by atoms with Gasteiger partial charge in [0.25, 0.3) is 5.91 Å². The third-order valence-electron chi connectivity index (χ3n) is 3.99. The van der Waals surface area contributed by atoms with Gasteiger partial charge in [0.2, 0.25) is 0 Å². The van der Waals surface area contributed by atoms with Crippen LogP contribution in [0, 0.1) is 6.92 Å². The van der Waals surface area contributed by atoms with E-state index >= 15 is 0 Å². The Hall–Kier alpha value is -2.75. The number of carbonyl (C=O) groups is 1. The van der Waals surface area contributed by atoms with Crippen molar-refractivity contribution in [2.45, 2.75) is 20.8 Å². The molecule has 0 aromatic heterocycles. The van der Waals surface area contributed by atoms with Crippen molar-refractivity contribution < 1.29 is 14.3 Å². The molecule has 4 nitrogen and oxygen atoms in total. The second-order valence-corrected chi connectivity index (χ2v) is 5.69. The number of methoxy groups -OCH3 is 1. The number of rotatable bonds is 7. The lowest BCUT2D eigenvalue weighted by Crippen LogP contribution is -2.25. The molecule has 1 aromatic rings. The summed E-state index contributed by atoms with van der Waals surface area (Å²) in [5.41, 5.74) is 3.55. The van der Waals surface area contributed by atoms with Crippen molar-refractivity contribution in [3.63, 3.8) is 0 Å². The van der Waals surface area contributed by atoms with Gasteiger partial charge in [-0.3, -0.25) is 4.79 Å². The fourth-order valence-electron chi connectivity index (χ4n) is 2.68. The van der Waals surface area contributed by atoms with E-state index in [1.807, 2.05) is 57.2 Å². The summed E-state index contributed by atoms with van der Waals surface area (Å²) in [6.07, 6.45) is 5.63. The van der Waals surface area contributed by atoms with E-state index < -0.39 is 0 Å². The van der Waals surface area contributed by atoms with E-state index in [-0.39, 0.29) is 5.91 Å². The maximum atomic E-state index is 12.9. The highest BCUT2D eigenvalue weighted by atomic mass is 16.5. The van der Waals surface area contributed by atoms with Crippen molar-refractivity contribution in [2.75, 3.05) is 20.3 Å². The van der Waals surface area contributed by atoms with Gasteiger partial charge in [0.05, 0.1) is 13.7 Å². The van der Waals surface area contributed by atoms with E-state index in [0.29, 0.717) is 24.7 Å². The molecule has 1 amide bonds. The van der Waals surface area contributed by atoms with Crippen molar-refractivity contribution in [3.05, 3.63) is 77.4 Å². The Kier molecular flexibility index (Phi) is 6.23. The molecule has 0 aliphatic carbocycles. The number of hydrogen-bond acceptors (Lipinski definition) is 3. The van der Waals surface area contributed by atoms with E-state index in [0.717, 1.165) is 22.4 Å². The standard InChI is InChI=1S/C21H25NO3/c1-6-18(14-20(25-7-2)16(4)24-5)22-12-11-19(21(22)23)17-10-8-9-15(3)13-17/h6,8-11,13-14H,4,7,12H2,1-3,5H3/b18-6+,20-14+. The van der Waals surface area contributed by atoms with Gasteiger partial charge in [-0.2, -0.15) is 0 Å². The number of allylic oxidation sites excluding steroid dienone is 2. The van der Waals surface area contributed by atoms with Gasteiger partial charge in [-0.25, -0.2) is 0 Å². The zero-order valence-electron chi connectivity index (χ0n) is 15.3. The predicted molar refractivity (Wildman–Crippen MR) is 100 cm³/mol. The van der Waals surface area contributed by atoms with Crippen molar-refractivity contribution >= 4 is 11.5 Å². The summed E-state index contributed by atoms with van der Waals surface area (Å²) in [5, 5.41) is 0. The number of hydrogen-bond donors (Lipinski definition) is 0. The molecule has 0 N–H and O–H groups in total. The van der Waals surface area contributed by atoms with Gasteiger partial charge < -0.3 is 14.4 Å². The quantitative estimate of drug-likeness (QED) is 0.552. The topological polar surface area (TPSA) is 38.8 Å². The van der Waals surface area contributed by atoms with Gasteiger partial charge >= 0.3 is 0 Å². The first-order chi connectivity index (χ1) is 12.0. The molecule has 25 heavy (non-hydrogen) atoms. The van der Waals surface area contributed by atoms with Gasteiger partial charge in [0.15, 0.2) is 11.5 Å². The average molecular weight is 339 g/mol. The van der Waals surface area contributed by atoms with Crippen molar-refractivity contribution in [2.24, 2.45) is 0 Å². The lowest BCUT2D eigenvalue weighted by molar-refractivity contribution is -0.121. The molecule has 132 valence electrons. The van der Waals surface area contributed by atoms with Crippen LogP contribution in [0.2, 0.25) is 0 Å². The minimum atomic E-state index is -0.0196. The summed E-state index contributed by atoms with van der Waals surface area (Å²) < 4.78 is 10.8. The van der Waals surface area contributed by atoms with Crippen LogP contribution < -0.4 is 0 Å². The SMILES string of the molecule is C=C(OC)/C(=C\C(=C/C)N1CC=C(c2cccc(C)c2)C1=O)OCC. The Labute approximate surface area is 149 Å². The van der Waals surface area contributed by atoms with Gasteiger partial charge in [-0.1, -0.05) is 48.6 Å². The molecule has 0 fully saturated rings. The molecule has 2 rings (SSSR count). The molecular formula is C21H25NO3. The van der Waals surface area contributed by atoms with Crippen LogP contribution in [-0.4, -0.2) is 31.1 Å². The Morgan fingerprint density at radius 2 is 2.16 bits per heavy atom. The largest absolute Gasteiger partial charge is 0.493 e. The third-order valence-corrected chi connectivity index (χ3v) is 3.99. The Balaban J connectivity index is 2.26. The van der Waals surface area contributed by atoms with Crippen LogP contribution in [0.15, 0.2) is 66.3 Å². The highest BCUT2D eigenvalue weighted by molar-refractivity contribution is 6.22. The van der Waals surface area contributed by atoms with E-state index in [2.05, 4.69) is 6.58 Å². The van der Waals surface area contributed by atoms with Crippen LogP contribution in [-0.2, 0) is 14.3 Å². The molecule has 0 saturated heterocycles. The van der Waals surface area contributed by atoms with E-state index in [1.54, 1.807) is 18.1 Å². The Bertz CT molecular complexity index is 756. The van der Waals surface area contributed by atoms with Crippen LogP contribution in [0.3, 0.4) is 0 Å². The highest BCUT2D eigenvalue weighted by Crippen LogP contribution is 2.27. The summed E-state index contributed by atoms with van der Waals surface area (Å²) in [6.45, 7) is 10.7. The average Bonchev–Trinajstić information content (AvgIpc) is 2.99. The summed E-state index contributed by atoms with van der Waals surface area (Å²) in [6, 6.07) is 7.97.